The number of para-hydroxylation sites is 1. The second-order valence-corrected chi connectivity index (χ2v) is 10.2. The first-order valence-corrected chi connectivity index (χ1v) is 13.7. The average molecular weight is 512 g/mol. The van der Waals surface area contributed by atoms with Crippen LogP contribution in [0.5, 0.6) is 11.5 Å². The zero-order valence-electron chi connectivity index (χ0n) is 22.7. The summed E-state index contributed by atoms with van der Waals surface area (Å²) in [6.45, 7) is 5.97. The first kappa shape index (κ1) is 26.1. The van der Waals surface area contributed by atoms with E-state index >= 15 is 0 Å². The number of nitrogens with one attached hydrogen (secondary N) is 1. The molecule has 5 heteroatoms. The molecule has 4 aromatic rings. The maximum atomic E-state index is 11.0. The normalized spacial score (nSPS) is 14.5. The molecule has 0 spiro atoms. The molecule has 1 aliphatic heterocycles. The van der Waals surface area contributed by atoms with Gasteiger partial charge in [0.1, 0.15) is 24.1 Å². The van der Waals surface area contributed by atoms with E-state index in [1.807, 2.05) is 24.3 Å². The molecule has 0 amide bonds. The summed E-state index contributed by atoms with van der Waals surface area (Å²) in [4.78, 5) is 1.52. The SMILES string of the molecule is CCC(=C(c1ccc(OC)cc1)c1ccc(OC)cc1)c1cn(C[C@H](O)C[NH+]2CCCC2)c2ccccc12. The van der Waals surface area contributed by atoms with Crippen LogP contribution < -0.4 is 14.4 Å². The summed E-state index contributed by atoms with van der Waals surface area (Å²) in [7, 11) is 3.39. The van der Waals surface area contributed by atoms with Crippen molar-refractivity contribution in [1.29, 1.82) is 0 Å². The number of rotatable bonds is 10. The summed E-state index contributed by atoms with van der Waals surface area (Å²) in [5.41, 5.74) is 7.13. The predicted octanol–water partition coefficient (Wildman–Crippen LogP) is 5.07. The van der Waals surface area contributed by atoms with E-state index in [0.717, 1.165) is 41.1 Å². The highest BCUT2D eigenvalue weighted by Gasteiger charge is 2.22. The van der Waals surface area contributed by atoms with Crippen LogP contribution in [0.3, 0.4) is 0 Å². The fourth-order valence-electron chi connectivity index (χ4n) is 5.87. The van der Waals surface area contributed by atoms with Crippen LogP contribution in [0.4, 0.5) is 0 Å². The summed E-state index contributed by atoms with van der Waals surface area (Å²) < 4.78 is 13.1. The van der Waals surface area contributed by atoms with Gasteiger partial charge in [-0.2, -0.15) is 0 Å². The van der Waals surface area contributed by atoms with Crippen molar-refractivity contribution in [3.05, 3.63) is 95.7 Å². The molecule has 0 unspecified atom stereocenters. The van der Waals surface area contributed by atoms with Crippen LogP contribution in [-0.4, -0.2) is 49.6 Å². The van der Waals surface area contributed by atoms with Crippen molar-refractivity contribution < 1.29 is 19.5 Å². The van der Waals surface area contributed by atoms with Gasteiger partial charge in [0.05, 0.1) is 33.9 Å². The third-order valence-electron chi connectivity index (χ3n) is 7.77. The molecule has 1 aliphatic rings. The zero-order chi connectivity index (χ0) is 26.5. The minimum absolute atomic E-state index is 0.372. The molecule has 0 saturated carbocycles. The van der Waals surface area contributed by atoms with Gasteiger partial charge >= 0.3 is 0 Å². The molecule has 1 aromatic heterocycles. The molecule has 198 valence electrons. The van der Waals surface area contributed by atoms with Gasteiger partial charge in [-0.25, -0.2) is 0 Å². The lowest BCUT2D eigenvalue weighted by Crippen LogP contribution is -3.11. The zero-order valence-corrected chi connectivity index (χ0v) is 22.7. The Bertz CT molecular complexity index is 1330. The number of hydrogen-bond acceptors (Lipinski definition) is 3. The Morgan fingerprint density at radius 3 is 2.00 bits per heavy atom. The van der Waals surface area contributed by atoms with Crippen LogP contribution in [0, 0.1) is 0 Å². The van der Waals surface area contributed by atoms with Crippen molar-refractivity contribution in [2.75, 3.05) is 33.9 Å². The number of methoxy groups -OCH3 is 2. The highest BCUT2D eigenvalue weighted by Crippen LogP contribution is 2.39. The van der Waals surface area contributed by atoms with Gasteiger partial charge < -0.3 is 24.0 Å². The van der Waals surface area contributed by atoms with Crippen molar-refractivity contribution in [2.24, 2.45) is 0 Å². The third-order valence-corrected chi connectivity index (χ3v) is 7.77. The van der Waals surface area contributed by atoms with E-state index in [9.17, 15) is 5.11 Å². The topological polar surface area (TPSA) is 48.1 Å². The molecule has 0 radical (unpaired) electrons. The Labute approximate surface area is 225 Å². The Hall–Kier alpha value is -3.54. The van der Waals surface area contributed by atoms with Gasteiger partial charge in [0, 0.05) is 35.5 Å². The Morgan fingerprint density at radius 1 is 0.868 bits per heavy atom. The van der Waals surface area contributed by atoms with Crippen LogP contribution in [0.1, 0.15) is 42.9 Å². The van der Waals surface area contributed by atoms with Crippen molar-refractivity contribution >= 4 is 22.0 Å². The van der Waals surface area contributed by atoms with E-state index in [2.05, 4.69) is 66.2 Å². The summed E-state index contributed by atoms with van der Waals surface area (Å²) in [5.74, 6) is 1.68. The summed E-state index contributed by atoms with van der Waals surface area (Å²) in [6, 6.07) is 25.2. The molecule has 5 rings (SSSR count). The van der Waals surface area contributed by atoms with Crippen molar-refractivity contribution in [1.82, 2.24) is 4.57 Å². The lowest BCUT2D eigenvalue weighted by molar-refractivity contribution is -0.890. The van der Waals surface area contributed by atoms with Gasteiger partial charge in [0.25, 0.3) is 0 Å². The second-order valence-electron chi connectivity index (χ2n) is 10.2. The molecule has 0 bridgehead atoms. The van der Waals surface area contributed by atoms with Crippen LogP contribution >= 0.6 is 0 Å². The highest BCUT2D eigenvalue weighted by molar-refractivity contribution is 6.05. The quantitative estimate of drug-likeness (QED) is 0.313. The number of allylic oxidation sites excluding steroid dienone is 1. The maximum absolute atomic E-state index is 11.0. The number of aliphatic hydroxyl groups is 1. The molecule has 0 aliphatic carbocycles. The number of likely N-dealkylation sites (tertiary alicyclic amines) is 1. The maximum Gasteiger partial charge on any atom is 0.121 e. The molecule has 3 aromatic carbocycles. The van der Waals surface area contributed by atoms with Crippen LogP contribution in [0.25, 0.3) is 22.0 Å². The molecule has 5 nitrogen and oxygen atoms in total. The molecular weight excluding hydrogens is 472 g/mol. The molecule has 2 heterocycles. The molecular formula is C33H39N2O3+. The van der Waals surface area contributed by atoms with Gasteiger partial charge in [0.15, 0.2) is 0 Å². The Morgan fingerprint density at radius 2 is 1.45 bits per heavy atom. The number of aromatic nitrogens is 1. The van der Waals surface area contributed by atoms with Gasteiger partial charge in [0.2, 0.25) is 0 Å². The van der Waals surface area contributed by atoms with E-state index in [1.54, 1.807) is 14.2 Å². The van der Waals surface area contributed by atoms with E-state index in [1.165, 1.54) is 52.9 Å². The lowest BCUT2D eigenvalue weighted by Gasteiger charge is -2.18. The van der Waals surface area contributed by atoms with Crippen LogP contribution in [0.15, 0.2) is 79.0 Å². The lowest BCUT2D eigenvalue weighted by atomic mass is 9.88. The fraction of sp³-hybridized carbons (Fsp3) is 0.333. The molecule has 1 fully saturated rings. The molecule has 1 atom stereocenters. The van der Waals surface area contributed by atoms with E-state index in [-0.39, 0.29) is 6.10 Å². The number of nitrogens with zero attached hydrogens (tertiary/aromatic N) is 1. The van der Waals surface area contributed by atoms with Gasteiger partial charge in [-0.15, -0.1) is 0 Å². The second kappa shape index (κ2) is 11.9. The summed E-state index contributed by atoms with van der Waals surface area (Å²) in [5, 5.41) is 12.2. The predicted molar refractivity (Wildman–Crippen MR) is 155 cm³/mol. The smallest absolute Gasteiger partial charge is 0.121 e. The minimum Gasteiger partial charge on any atom is -0.497 e. The first-order chi connectivity index (χ1) is 18.6. The summed E-state index contributed by atoms with van der Waals surface area (Å²) in [6.07, 6.45) is 5.27. The molecule has 38 heavy (non-hydrogen) atoms. The molecule has 1 saturated heterocycles. The van der Waals surface area contributed by atoms with Gasteiger partial charge in [-0.3, -0.25) is 0 Å². The monoisotopic (exact) mass is 511 g/mol. The number of ether oxygens (including phenoxy) is 2. The van der Waals surface area contributed by atoms with Crippen molar-refractivity contribution in [2.45, 2.75) is 38.8 Å². The minimum atomic E-state index is -0.372. The number of fused-ring (bicyclic) bond motifs is 1. The van der Waals surface area contributed by atoms with E-state index in [4.69, 9.17) is 9.47 Å². The highest BCUT2D eigenvalue weighted by atomic mass is 16.5. The van der Waals surface area contributed by atoms with Gasteiger partial charge in [-0.05, 0) is 59.0 Å². The first-order valence-electron chi connectivity index (χ1n) is 13.7. The third kappa shape index (κ3) is 5.50. The van der Waals surface area contributed by atoms with Crippen LogP contribution in [0.2, 0.25) is 0 Å². The van der Waals surface area contributed by atoms with Gasteiger partial charge in [-0.1, -0.05) is 49.4 Å². The Kier molecular flexibility index (Phi) is 8.16. The number of benzene rings is 3. The summed E-state index contributed by atoms with van der Waals surface area (Å²) >= 11 is 0. The largest absolute Gasteiger partial charge is 0.497 e. The van der Waals surface area contributed by atoms with Crippen molar-refractivity contribution in [3.8, 4) is 11.5 Å². The standard InChI is InChI=1S/C33H38N2O3/c1-4-29(33(24-11-15-27(37-2)16-12-24)25-13-17-28(38-3)18-14-25)31-23-35(32-10-6-5-9-30(31)32)22-26(36)21-34-19-7-8-20-34/h5-6,9-18,23,26,36H,4,7-8,19-22H2,1-3H3/p+1/t26-/m1/s1. The number of quaternary nitrogens is 1. The Balaban J connectivity index is 1.63. The number of hydrogen-bond donors (Lipinski definition) is 2. The fourth-order valence-corrected chi connectivity index (χ4v) is 5.87. The van der Waals surface area contributed by atoms with E-state index in [0.29, 0.717) is 6.54 Å². The van der Waals surface area contributed by atoms with E-state index < -0.39 is 0 Å². The number of aliphatic hydroxyl groups excluding tert-OH is 1. The average Bonchev–Trinajstić information content (AvgIpc) is 3.60. The van der Waals surface area contributed by atoms with Crippen LogP contribution in [-0.2, 0) is 6.54 Å². The van der Waals surface area contributed by atoms with Crippen molar-refractivity contribution in [3.63, 3.8) is 0 Å². The molecule has 2 N–H and O–H groups in total.